The van der Waals surface area contributed by atoms with Gasteiger partial charge >= 0.3 is 0 Å². The van der Waals surface area contributed by atoms with Gasteiger partial charge in [0.05, 0.1) is 6.04 Å². The Hall–Kier alpha value is -2.20. The summed E-state index contributed by atoms with van der Waals surface area (Å²) in [5.41, 5.74) is 3.34. The molecule has 3 nitrogen and oxygen atoms in total. The molecule has 0 aliphatic rings. The Labute approximate surface area is 149 Å². The number of aryl methyl sites for hydroxylation is 2. The maximum Gasteiger partial charge on any atom is 0.220 e. The number of nitrogens with one attached hydrogen (secondary N) is 1. The Kier molecular flexibility index (Phi) is 7.14. The van der Waals surface area contributed by atoms with E-state index >= 15 is 0 Å². The number of benzene rings is 2. The van der Waals surface area contributed by atoms with E-state index in [0.717, 1.165) is 12.0 Å². The summed E-state index contributed by atoms with van der Waals surface area (Å²) < 4.78 is 13.2. The lowest BCUT2D eigenvalue weighted by molar-refractivity contribution is -0.121. The van der Waals surface area contributed by atoms with E-state index in [1.807, 2.05) is 20.2 Å². The van der Waals surface area contributed by atoms with Gasteiger partial charge in [0, 0.05) is 13.0 Å². The summed E-state index contributed by atoms with van der Waals surface area (Å²) in [6, 6.07) is 15.1. The van der Waals surface area contributed by atoms with Gasteiger partial charge in [-0.25, -0.2) is 4.39 Å². The van der Waals surface area contributed by atoms with Gasteiger partial charge in [-0.1, -0.05) is 43.3 Å². The van der Waals surface area contributed by atoms with Crippen LogP contribution in [-0.2, 0) is 17.6 Å². The fourth-order valence-electron chi connectivity index (χ4n) is 2.82. The summed E-state index contributed by atoms with van der Waals surface area (Å²) in [5.74, 6) is -0.276. The maximum absolute atomic E-state index is 13.2. The van der Waals surface area contributed by atoms with Crippen molar-refractivity contribution in [3.8, 4) is 0 Å². The highest BCUT2D eigenvalue weighted by Gasteiger charge is 2.15. The van der Waals surface area contributed by atoms with Gasteiger partial charge in [0.15, 0.2) is 0 Å². The lowest BCUT2D eigenvalue weighted by Gasteiger charge is -2.25. The van der Waals surface area contributed by atoms with Crippen LogP contribution in [0.2, 0.25) is 0 Å². The van der Waals surface area contributed by atoms with Crippen LogP contribution in [0.15, 0.2) is 48.5 Å². The first-order valence-corrected chi connectivity index (χ1v) is 8.76. The molecule has 4 heteroatoms. The summed E-state index contributed by atoms with van der Waals surface area (Å²) >= 11 is 0. The molecular formula is C21H27FN2O. The topological polar surface area (TPSA) is 32.3 Å². The molecule has 25 heavy (non-hydrogen) atoms. The van der Waals surface area contributed by atoms with E-state index in [9.17, 15) is 9.18 Å². The van der Waals surface area contributed by atoms with Crippen molar-refractivity contribution in [1.29, 1.82) is 0 Å². The molecule has 0 fully saturated rings. The summed E-state index contributed by atoms with van der Waals surface area (Å²) in [5, 5.41) is 3.00. The summed E-state index contributed by atoms with van der Waals surface area (Å²) in [6.07, 6.45) is 1.92. The van der Waals surface area contributed by atoms with Crippen LogP contribution in [0.25, 0.3) is 0 Å². The van der Waals surface area contributed by atoms with E-state index in [2.05, 4.69) is 41.4 Å². The fourth-order valence-corrected chi connectivity index (χ4v) is 2.82. The molecule has 2 aromatic rings. The van der Waals surface area contributed by atoms with Gasteiger partial charge in [-0.3, -0.25) is 4.79 Å². The molecule has 1 unspecified atom stereocenters. The molecule has 2 aromatic carbocycles. The largest absolute Gasteiger partial charge is 0.354 e. The predicted molar refractivity (Wildman–Crippen MR) is 100.0 cm³/mol. The van der Waals surface area contributed by atoms with Crippen LogP contribution < -0.4 is 5.32 Å². The van der Waals surface area contributed by atoms with Gasteiger partial charge < -0.3 is 10.2 Å². The highest BCUT2D eigenvalue weighted by molar-refractivity contribution is 5.76. The molecule has 0 spiro atoms. The van der Waals surface area contributed by atoms with Gasteiger partial charge in [0.2, 0.25) is 5.91 Å². The van der Waals surface area contributed by atoms with Crippen molar-refractivity contribution in [1.82, 2.24) is 10.2 Å². The second-order valence-electron chi connectivity index (χ2n) is 6.51. The molecule has 0 radical (unpaired) electrons. The number of hydrogen-bond donors (Lipinski definition) is 1. The Balaban J connectivity index is 1.88. The van der Waals surface area contributed by atoms with Crippen molar-refractivity contribution in [3.05, 3.63) is 71.0 Å². The third kappa shape index (κ3) is 5.98. The van der Waals surface area contributed by atoms with E-state index in [1.165, 1.54) is 23.3 Å². The molecule has 0 saturated heterocycles. The van der Waals surface area contributed by atoms with E-state index in [0.29, 0.717) is 19.4 Å². The van der Waals surface area contributed by atoms with Crippen molar-refractivity contribution in [3.63, 3.8) is 0 Å². The molecule has 0 bridgehead atoms. The highest BCUT2D eigenvalue weighted by atomic mass is 19.1. The molecule has 0 aromatic heterocycles. The zero-order chi connectivity index (χ0) is 18.2. The third-order valence-corrected chi connectivity index (χ3v) is 4.42. The van der Waals surface area contributed by atoms with Crippen molar-refractivity contribution in [2.45, 2.75) is 32.2 Å². The number of carbonyl (C=O) groups excluding carboxylic acids is 1. The Morgan fingerprint density at radius 3 is 2.44 bits per heavy atom. The molecule has 1 atom stereocenters. The van der Waals surface area contributed by atoms with Crippen molar-refractivity contribution >= 4 is 5.91 Å². The number of amides is 1. The van der Waals surface area contributed by atoms with Crippen LogP contribution in [0.5, 0.6) is 0 Å². The van der Waals surface area contributed by atoms with E-state index in [-0.39, 0.29) is 17.8 Å². The molecule has 2 rings (SSSR count). The molecule has 0 aliphatic heterocycles. The number of nitrogens with zero attached hydrogens (tertiary/aromatic N) is 1. The number of rotatable bonds is 8. The number of halogens is 1. The monoisotopic (exact) mass is 342 g/mol. The highest BCUT2D eigenvalue weighted by Crippen LogP contribution is 2.18. The standard InChI is InChI=1S/C21H27FN2O/c1-4-16-8-11-18(12-9-16)20(24(2)3)15-23-21(25)13-10-17-6-5-7-19(22)14-17/h5-9,11-12,14,20H,4,10,13,15H2,1-3H3,(H,23,25). The van der Waals surface area contributed by atoms with E-state index in [1.54, 1.807) is 6.07 Å². The minimum absolute atomic E-state index is 0.0127. The maximum atomic E-state index is 13.2. The third-order valence-electron chi connectivity index (χ3n) is 4.42. The minimum atomic E-state index is -0.263. The normalized spacial score (nSPS) is 12.2. The van der Waals surface area contributed by atoms with Crippen molar-refractivity contribution < 1.29 is 9.18 Å². The number of hydrogen-bond acceptors (Lipinski definition) is 2. The Morgan fingerprint density at radius 2 is 1.84 bits per heavy atom. The quantitative estimate of drug-likeness (QED) is 0.793. The first-order chi connectivity index (χ1) is 12.0. The van der Waals surface area contributed by atoms with Gasteiger partial charge in [-0.05, 0) is 55.8 Å². The SMILES string of the molecule is CCc1ccc(C(CNC(=O)CCc2cccc(F)c2)N(C)C)cc1. The smallest absolute Gasteiger partial charge is 0.220 e. The number of carbonyl (C=O) groups is 1. The van der Waals surface area contributed by atoms with Gasteiger partial charge in [0.1, 0.15) is 5.82 Å². The van der Waals surface area contributed by atoms with Crippen molar-refractivity contribution in [2.75, 3.05) is 20.6 Å². The molecular weight excluding hydrogens is 315 g/mol. The molecule has 1 amide bonds. The van der Waals surface area contributed by atoms with Crippen LogP contribution in [0, 0.1) is 5.82 Å². The summed E-state index contributed by atoms with van der Waals surface area (Å²) in [7, 11) is 4.02. The molecule has 0 aliphatic carbocycles. The molecule has 1 N–H and O–H groups in total. The van der Waals surface area contributed by atoms with Crippen LogP contribution in [-0.4, -0.2) is 31.4 Å². The summed E-state index contributed by atoms with van der Waals surface area (Å²) in [4.78, 5) is 14.2. The number of likely N-dealkylation sites (N-methyl/N-ethyl adjacent to an activating group) is 1. The first-order valence-electron chi connectivity index (χ1n) is 8.76. The zero-order valence-electron chi connectivity index (χ0n) is 15.3. The summed E-state index contributed by atoms with van der Waals surface area (Å²) in [6.45, 7) is 2.69. The van der Waals surface area contributed by atoms with E-state index in [4.69, 9.17) is 0 Å². The van der Waals surface area contributed by atoms with E-state index < -0.39 is 0 Å². The van der Waals surface area contributed by atoms with Crippen LogP contribution in [0.3, 0.4) is 0 Å². The van der Waals surface area contributed by atoms with Gasteiger partial charge in [0.25, 0.3) is 0 Å². The van der Waals surface area contributed by atoms with Gasteiger partial charge in [-0.2, -0.15) is 0 Å². The Bertz CT molecular complexity index is 683. The van der Waals surface area contributed by atoms with Crippen molar-refractivity contribution in [2.24, 2.45) is 0 Å². The average Bonchev–Trinajstić information content (AvgIpc) is 2.60. The van der Waals surface area contributed by atoms with Crippen LogP contribution in [0.1, 0.15) is 36.1 Å². The predicted octanol–water partition coefficient (Wildman–Crippen LogP) is 3.74. The fraction of sp³-hybridized carbons (Fsp3) is 0.381. The first kappa shape index (κ1) is 19.1. The average molecular weight is 342 g/mol. The molecule has 0 heterocycles. The molecule has 134 valence electrons. The lowest BCUT2D eigenvalue weighted by atomic mass is 10.0. The Morgan fingerprint density at radius 1 is 1.12 bits per heavy atom. The minimum Gasteiger partial charge on any atom is -0.354 e. The zero-order valence-corrected chi connectivity index (χ0v) is 15.3. The van der Waals surface area contributed by atoms with Gasteiger partial charge in [-0.15, -0.1) is 0 Å². The second kappa shape index (κ2) is 9.33. The van der Waals surface area contributed by atoms with Crippen LogP contribution >= 0.6 is 0 Å². The lowest BCUT2D eigenvalue weighted by Crippen LogP contribution is -2.34. The van der Waals surface area contributed by atoms with Crippen LogP contribution in [0.4, 0.5) is 4.39 Å². The second-order valence-corrected chi connectivity index (χ2v) is 6.51. The molecule has 0 saturated carbocycles.